The van der Waals surface area contributed by atoms with Crippen LogP contribution in [0.25, 0.3) is 50.3 Å². The molecule has 0 radical (unpaired) electrons. The number of benzene rings is 6. The summed E-state index contributed by atoms with van der Waals surface area (Å²) >= 11 is 0. The largest absolute Gasteiger partial charge is 0.294 e. The Hall–Kier alpha value is -5.80. The molecule has 0 atom stereocenters. The maximum absolute atomic E-state index is 5.26. The van der Waals surface area contributed by atoms with E-state index in [9.17, 15) is 0 Å². The van der Waals surface area contributed by atoms with Crippen molar-refractivity contribution in [1.29, 1.82) is 0 Å². The van der Waals surface area contributed by atoms with Crippen LogP contribution in [0.3, 0.4) is 0 Å². The molecular weight excluding hydrogens is 546 g/mol. The Morgan fingerprint density at radius 1 is 0.444 bits per heavy atom. The van der Waals surface area contributed by atoms with Gasteiger partial charge in [0.2, 0.25) is 0 Å². The van der Waals surface area contributed by atoms with Gasteiger partial charge in [0.15, 0.2) is 5.82 Å². The molecule has 0 spiro atoms. The maximum atomic E-state index is 5.26. The van der Waals surface area contributed by atoms with E-state index in [4.69, 9.17) is 9.97 Å². The highest BCUT2D eigenvalue weighted by Gasteiger charge is 2.42. The van der Waals surface area contributed by atoms with Crippen molar-refractivity contribution in [3.05, 3.63) is 185 Å². The average Bonchev–Trinajstić information content (AvgIpc) is 3.47. The van der Waals surface area contributed by atoms with Crippen LogP contribution in [0.1, 0.15) is 45.2 Å². The Labute approximate surface area is 261 Å². The first kappa shape index (κ1) is 24.6. The molecule has 3 heteroatoms. The second kappa shape index (κ2) is 9.35. The van der Waals surface area contributed by atoms with Gasteiger partial charge in [0, 0.05) is 39.8 Å². The van der Waals surface area contributed by atoms with Crippen LogP contribution >= 0.6 is 0 Å². The van der Waals surface area contributed by atoms with Gasteiger partial charge in [-0.15, -0.1) is 0 Å². The Kier molecular flexibility index (Phi) is 5.11. The average molecular weight is 574 g/mol. The zero-order valence-electron chi connectivity index (χ0n) is 24.4. The van der Waals surface area contributed by atoms with Gasteiger partial charge in [0.25, 0.3) is 0 Å². The van der Waals surface area contributed by atoms with E-state index in [1.807, 2.05) is 24.3 Å². The molecule has 45 heavy (non-hydrogen) atoms. The number of nitrogens with zero attached hydrogens (tertiary/aromatic N) is 3. The molecule has 2 bridgehead atoms. The van der Waals surface area contributed by atoms with E-state index >= 15 is 0 Å². The van der Waals surface area contributed by atoms with E-state index in [-0.39, 0.29) is 11.8 Å². The lowest BCUT2D eigenvalue weighted by Crippen LogP contribution is -2.27. The van der Waals surface area contributed by atoms with Crippen molar-refractivity contribution in [2.45, 2.75) is 11.8 Å². The Morgan fingerprint density at radius 2 is 1.02 bits per heavy atom. The van der Waals surface area contributed by atoms with Crippen LogP contribution in [0.4, 0.5) is 0 Å². The molecule has 0 fully saturated rings. The van der Waals surface area contributed by atoms with Crippen LogP contribution in [0.15, 0.2) is 152 Å². The molecule has 0 unspecified atom stereocenters. The van der Waals surface area contributed by atoms with Crippen LogP contribution in [0.2, 0.25) is 0 Å². The first-order chi connectivity index (χ1) is 22.3. The van der Waals surface area contributed by atoms with Gasteiger partial charge in [-0.05, 0) is 45.5 Å². The summed E-state index contributed by atoms with van der Waals surface area (Å²) in [6.07, 6.45) is 0. The van der Waals surface area contributed by atoms with Gasteiger partial charge in [0.1, 0.15) is 5.82 Å². The van der Waals surface area contributed by atoms with Crippen LogP contribution in [0, 0.1) is 0 Å². The van der Waals surface area contributed by atoms with Crippen molar-refractivity contribution in [1.82, 2.24) is 14.5 Å². The molecule has 11 rings (SSSR count). The van der Waals surface area contributed by atoms with E-state index < -0.39 is 0 Å². The highest BCUT2D eigenvalue weighted by Crippen LogP contribution is 2.58. The van der Waals surface area contributed by atoms with Gasteiger partial charge in [-0.2, -0.15) is 0 Å². The molecule has 0 saturated heterocycles. The molecule has 8 aromatic rings. The Balaban J connectivity index is 1.30. The van der Waals surface area contributed by atoms with Gasteiger partial charge in [-0.1, -0.05) is 133 Å². The number of hydrogen-bond donors (Lipinski definition) is 0. The van der Waals surface area contributed by atoms with E-state index in [1.165, 1.54) is 49.7 Å². The summed E-state index contributed by atoms with van der Waals surface area (Å²) in [7, 11) is 0. The van der Waals surface area contributed by atoms with Gasteiger partial charge in [-0.3, -0.25) is 4.57 Å². The zero-order valence-corrected chi connectivity index (χ0v) is 24.4. The van der Waals surface area contributed by atoms with Crippen LogP contribution in [-0.4, -0.2) is 14.5 Å². The minimum Gasteiger partial charge on any atom is -0.294 e. The summed E-state index contributed by atoms with van der Waals surface area (Å²) in [5.74, 6) is 2.01. The standard InChI is InChI=1S/C42H27N3/c1-3-13-26(14-4-1)34-25-37(44-42(43-34)27-15-5-2-6-16-27)45-35-22-12-11-21-32(35)40-36(45)24-23-33-38-28-17-7-9-19-30(28)39(41(33)40)31-20-10-8-18-29(31)38/h1-25,38-39H. The lowest BCUT2D eigenvalue weighted by Gasteiger charge is -2.42. The van der Waals surface area contributed by atoms with E-state index in [0.29, 0.717) is 0 Å². The van der Waals surface area contributed by atoms with E-state index in [1.54, 1.807) is 0 Å². The molecule has 3 aliphatic carbocycles. The number of hydrogen-bond acceptors (Lipinski definition) is 2. The highest BCUT2D eigenvalue weighted by molar-refractivity contribution is 6.12. The summed E-state index contributed by atoms with van der Waals surface area (Å²) in [6, 6.07) is 54.5. The minimum absolute atomic E-state index is 0.186. The van der Waals surface area contributed by atoms with Crippen molar-refractivity contribution in [2.75, 3.05) is 0 Å². The third-order valence-electron chi connectivity index (χ3n) is 9.79. The SMILES string of the molecule is c1ccc(-c2cc(-n3c4ccccc4c4c5c(ccc43)C3c4ccccc4C5c4ccccc43)nc(-c3ccccc3)n2)cc1. The molecule has 2 heterocycles. The smallest absolute Gasteiger partial charge is 0.162 e. The van der Waals surface area contributed by atoms with E-state index in [2.05, 4.69) is 132 Å². The molecule has 0 aliphatic heterocycles. The summed E-state index contributed by atoms with van der Waals surface area (Å²) in [5.41, 5.74) is 13.9. The van der Waals surface area contributed by atoms with Crippen molar-refractivity contribution in [3.8, 4) is 28.5 Å². The minimum atomic E-state index is 0.186. The zero-order chi connectivity index (χ0) is 29.5. The molecule has 2 aromatic heterocycles. The topological polar surface area (TPSA) is 30.7 Å². The molecule has 0 amide bonds. The van der Waals surface area contributed by atoms with Crippen LogP contribution in [0.5, 0.6) is 0 Å². The monoisotopic (exact) mass is 573 g/mol. The predicted molar refractivity (Wildman–Crippen MR) is 182 cm³/mol. The molecule has 0 N–H and O–H groups in total. The lowest BCUT2D eigenvalue weighted by atomic mass is 9.60. The molecular formula is C42H27N3. The lowest BCUT2D eigenvalue weighted by molar-refractivity contribution is 0.761. The van der Waals surface area contributed by atoms with Crippen LogP contribution in [-0.2, 0) is 0 Å². The second-order valence-electron chi connectivity index (χ2n) is 12.1. The normalized spacial score (nSPS) is 16.0. The fraction of sp³-hybridized carbons (Fsp3) is 0.0476. The molecule has 210 valence electrons. The van der Waals surface area contributed by atoms with Crippen molar-refractivity contribution in [3.63, 3.8) is 0 Å². The number of aromatic nitrogens is 3. The number of para-hydroxylation sites is 1. The first-order valence-corrected chi connectivity index (χ1v) is 15.6. The molecule has 6 aromatic carbocycles. The van der Waals surface area contributed by atoms with Crippen molar-refractivity contribution >= 4 is 21.8 Å². The number of rotatable bonds is 3. The maximum Gasteiger partial charge on any atom is 0.162 e. The van der Waals surface area contributed by atoms with Gasteiger partial charge >= 0.3 is 0 Å². The Morgan fingerprint density at radius 3 is 1.71 bits per heavy atom. The summed E-state index contributed by atoms with van der Waals surface area (Å²) in [5, 5.41) is 2.58. The summed E-state index contributed by atoms with van der Waals surface area (Å²) in [4.78, 5) is 10.3. The summed E-state index contributed by atoms with van der Waals surface area (Å²) in [6.45, 7) is 0. The van der Waals surface area contributed by atoms with Crippen molar-refractivity contribution < 1.29 is 0 Å². The second-order valence-corrected chi connectivity index (χ2v) is 12.1. The molecule has 3 aliphatic rings. The highest BCUT2D eigenvalue weighted by atomic mass is 15.1. The van der Waals surface area contributed by atoms with E-state index in [0.717, 1.165) is 34.0 Å². The third-order valence-corrected chi connectivity index (χ3v) is 9.79. The van der Waals surface area contributed by atoms with Gasteiger partial charge in [0.05, 0.1) is 16.7 Å². The summed E-state index contributed by atoms with van der Waals surface area (Å²) < 4.78 is 2.35. The Bertz CT molecular complexity index is 2330. The fourth-order valence-electron chi connectivity index (χ4n) is 7.99. The van der Waals surface area contributed by atoms with Crippen LogP contribution < -0.4 is 0 Å². The predicted octanol–water partition coefficient (Wildman–Crippen LogP) is 9.89. The molecule has 3 nitrogen and oxygen atoms in total. The number of fused-ring (bicyclic) bond motifs is 3. The quantitative estimate of drug-likeness (QED) is 0.211. The fourth-order valence-corrected chi connectivity index (χ4v) is 7.99. The molecule has 0 saturated carbocycles. The first-order valence-electron chi connectivity index (χ1n) is 15.6. The third kappa shape index (κ3) is 3.46. The van der Waals surface area contributed by atoms with Crippen molar-refractivity contribution in [2.24, 2.45) is 0 Å². The van der Waals surface area contributed by atoms with Gasteiger partial charge in [-0.25, -0.2) is 9.97 Å². The van der Waals surface area contributed by atoms with Gasteiger partial charge < -0.3 is 0 Å².